The molecule has 0 rings (SSSR count). The summed E-state index contributed by atoms with van der Waals surface area (Å²) in [4.78, 5) is 0. The molecule has 0 aromatic carbocycles. The molecule has 0 aliphatic rings. The van der Waals surface area contributed by atoms with Gasteiger partial charge in [0.1, 0.15) is 0 Å². The highest BCUT2D eigenvalue weighted by Gasteiger charge is 2.08. The lowest BCUT2D eigenvalue weighted by Gasteiger charge is -2.16. The number of unbranched alkanes of at least 4 members (excludes halogenated alkanes) is 8. The molecule has 0 aliphatic carbocycles. The maximum atomic E-state index is 5.45. The maximum Gasteiger partial charge on any atom is 0.0587 e. The van der Waals surface area contributed by atoms with E-state index in [0.29, 0.717) is 0 Å². The van der Waals surface area contributed by atoms with Gasteiger partial charge in [0.05, 0.1) is 7.17 Å². The minimum atomic E-state index is 0.753. The lowest BCUT2D eigenvalue weighted by atomic mass is 9.11. The van der Waals surface area contributed by atoms with Crippen molar-refractivity contribution < 1.29 is 0 Å². The van der Waals surface area contributed by atoms with E-state index >= 15 is 0 Å². The fourth-order valence-corrected chi connectivity index (χ4v) is 2.58. The molecule has 0 nitrogen and oxygen atoms in total. The quantitative estimate of drug-likeness (QED) is 0.298. The molecule has 0 bridgehead atoms. The van der Waals surface area contributed by atoms with Crippen molar-refractivity contribution in [3.8, 4) is 0 Å². The van der Waals surface area contributed by atoms with Crippen molar-refractivity contribution in [1.82, 2.24) is 0 Å². The molecule has 0 aromatic heterocycles. The zero-order valence-corrected chi connectivity index (χ0v) is 13.4. The number of rotatable bonds is 15. The highest BCUT2D eigenvalue weighted by molar-refractivity contribution is 7.41. The Balaban J connectivity index is 3.57. The summed E-state index contributed by atoms with van der Waals surface area (Å²) >= 11 is 0. The van der Waals surface area contributed by atoms with Gasteiger partial charge in [0, 0.05) is 21.9 Å². The van der Waals surface area contributed by atoms with Gasteiger partial charge in [-0.05, 0) is 0 Å². The molecule has 0 atom stereocenters. The van der Waals surface area contributed by atoms with Gasteiger partial charge in [-0.25, -0.2) is 0 Å². The fraction of sp³-hybridized carbons (Fsp3) is 1.00. The molecule has 0 aromatic rings. The molecule has 0 saturated heterocycles. The number of hydrogen-bond acceptors (Lipinski definition) is 0. The Morgan fingerprint density at radius 3 is 1.63 bits per heavy atom. The highest BCUT2D eigenvalue weighted by atomic mass is 14.0. The zero-order chi connectivity index (χ0) is 14.2. The first-order valence-corrected chi connectivity index (χ1v) is 8.56. The van der Waals surface area contributed by atoms with E-state index in [0.717, 1.165) is 5.82 Å². The Kier molecular flexibility index (Phi) is 16.5. The van der Waals surface area contributed by atoms with Crippen molar-refractivity contribution in [1.29, 1.82) is 0 Å². The van der Waals surface area contributed by atoms with Crippen LogP contribution in [0, 0.1) is 0 Å². The second kappa shape index (κ2) is 16.3. The van der Waals surface area contributed by atoms with Crippen LogP contribution in [0.4, 0.5) is 0 Å². The average Bonchev–Trinajstić information content (AvgIpc) is 2.43. The average molecular weight is 255 g/mol. The van der Waals surface area contributed by atoms with E-state index < -0.39 is 0 Å². The SMILES string of the molecule is [B][B][B][B]C(CCCCCCC)CCCCCCC. The minimum Gasteiger partial charge on any atom is -0.0782 e. The van der Waals surface area contributed by atoms with E-state index in [9.17, 15) is 0 Å². The second-order valence-corrected chi connectivity index (χ2v) is 5.74. The largest absolute Gasteiger partial charge is 0.0782 e. The molecular formula is C15H31B4. The van der Waals surface area contributed by atoms with Crippen molar-refractivity contribution in [3.05, 3.63) is 0 Å². The van der Waals surface area contributed by atoms with Crippen LogP contribution in [0.2, 0.25) is 5.82 Å². The third kappa shape index (κ3) is 14.5. The molecule has 0 heterocycles. The fourth-order valence-electron chi connectivity index (χ4n) is 2.58. The van der Waals surface area contributed by atoms with E-state index in [1.165, 1.54) is 77.0 Å². The molecule has 0 amide bonds. The van der Waals surface area contributed by atoms with Crippen molar-refractivity contribution in [2.24, 2.45) is 0 Å². The molecule has 0 saturated carbocycles. The summed E-state index contributed by atoms with van der Waals surface area (Å²) in [6.45, 7) is 4.55. The summed E-state index contributed by atoms with van der Waals surface area (Å²) in [7, 11) is 11.5. The van der Waals surface area contributed by atoms with Gasteiger partial charge in [-0.3, -0.25) is 0 Å². The van der Waals surface area contributed by atoms with Crippen LogP contribution in [-0.4, -0.2) is 29.0 Å². The van der Waals surface area contributed by atoms with Crippen molar-refractivity contribution in [2.75, 3.05) is 0 Å². The van der Waals surface area contributed by atoms with E-state index in [1.807, 2.05) is 7.06 Å². The smallest absolute Gasteiger partial charge is 0.0587 e. The van der Waals surface area contributed by atoms with Crippen LogP contribution in [-0.2, 0) is 0 Å². The molecular weight excluding hydrogens is 223 g/mol. The standard InChI is InChI=1S/C15H31B4/c1-3-5-7-9-11-13-15(17-19-18-16)14-12-10-8-6-4-2/h15H,3-14H2,1-2H3. The van der Waals surface area contributed by atoms with E-state index in [-0.39, 0.29) is 0 Å². The van der Waals surface area contributed by atoms with Crippen LogP contribution in [0.3, 0.4) is 0 Å². The van der Waals surface area contributed by atoms with Gasteiger partial charge in [0.2, 0.25) is 0 Å². The Morgan fingerprint density at radius 2 is 1.21 bits per heavy atom. The van der Waals surface area contributed by atoms with E-state index in [4.69, 9.17) is 7.74 Å². The third-order valence-electron chi connectivity index (χ3n) is 3.85. The van der Waals surface area contributed by atoms with Gasteiger partial charge in [-0.2, -0.15) is 0 Å². The molecule has 5 radical (unpaired) electrons. The first-order chi connectivity index (χ1) is 9.35. The summed E-state index contributed by atoms with van der Waals surface area (Å²) in [5.74, 6) is 0.753. The first kappa shape index (κ1) is 19.3. The molecule has 0 unspecified atom stereocenters. The highest BCUT2D eigenvalue weighted by Crippen LogP contribution is 2.22. The molecule has 0 N–H and O–H groups in total. The summed E-state index contributed by atoms with van der Waals surface area (Å²) in [6.07, 6.45) is 16.6. The molecule has 0 aliphatic heterocycles. The van der Waals surface area contributed by atoms with Gasteiger partial charge in [-0.15, -0.1) is 0 Å². The Bertz CT molecular complexity index is 150. The first-order valence-electron chi connectivity index (χ1n) is 8.56. The van der Waals surface area contributed by atoms with Gasteiger partial charge >= 0.3 is 0 Å². The monoisotopic (exact) mass is 255 g/mol. The van der Waals surface area contributed by atoms with Gasteiger partial charge in [0.25, 0.3) is 0 Å². The maximum absolute atomic E-state index is 5.45. The van der Waals surface area contributed by atoms with E-state index in [1.54, 1.807) is 7.06 Å². The second-order valence-electron chi connectivity index (χ2n) is 5.74. The van der Waals surface area contributed by atoms with Gasteiger partial charge < -0.3 is 0 Å². The summed E-state index contributed by atoms with van der Waals surface area (Å²) in [5.41, 5.74) is 0. The Labute approximate surface area is 126 Å². The van der Waals surface area contributed by atoms with Crippen LogP contribution in [0.25, 0.3) is 0 Å². The van der Waals surface area contributed by atoms with Crippen LogP contribution >= 0.6 is 0 Å². The lowest BCUT2D eigenvalue weighted by molar-refractivity contribution is 0.541. The summed E-state index contributed by atoms with van der Waals surface area (Å²) in [5, 5.41) is 0. The predicted octanol–water partition coefficient (Wildman–Crippen LogP) is 4.52. The predicted molar refractivity (Wildman–Crippen MR) is 93.5 cm³/mol. The normalized spacial score (nSPS) is 10.7. The molecule has 103 valence electrons. The zero-order valence-electron chi connectivity index (χ0n) is 13.4. The van der Waals surface area contributed by atoms with Crippen molar-refractivity contribution >= 4 is 29.0 Å². The van der Waals surface area contributed by atoms with Crippen LogP contribution in [0.5, 0.6) is 0 Å². The third-order valence-corrected chi connectivity index (χ3v) is 3.85. The molecule has 4 heteroatoms. The minimum absolute atomic E-state index is 0.753. The number of hydrogen-bond donors (Lipinski definition) is 0. The Morgan fingerprint density at radius 1 is 0.737 bits per heavy atom. The molecule has 0 spiro atoms. The van der Waals surface area contributed by atoms with Crippen LogP contribution in [0.15, 0.2) is 0 Å². The molecule has 0 fully saturated rings. The van der Waals surface area contributed by atoms with Gasteiger partial charge in [-0.1, -0.05) is 96.7 Å². The van der Waals surface area contributed by atoms with Crippen LogP contribution in [0.1, 0.15) is 90.9 Å². The summed E-state index contributed by atoms with van der Waals surface area (Å²) in [6, 6.07) is 0. The van der Waals surface area contributed by atoms with Crippen molar-refractivity contribution in [2.45, 2.75) is 96.7 Å². The summed E-state index contributed by atoms with van der Waals surface area (Å²) < 4.78 is 0. The van der Waals surface area contributed by atoms with Crippen molar-refractivity contribution in [3.63, 3.8) is 0 Å². The van der Waals surface area contributed by atoms with Crippen LogP contribution < -0.4 is 0 Å². The van der Waals surface area contributed by atoms with Gasteiger partial charge in [0.15, 0.2) is 0 Å². The molecule has 19 heavy (non-hydrogen) atoms. The van der Waals surface area contributed by atoms with E-state index in [2.05, 4.69) is 21.0 Å². The topological polar surface area (TPSA) is 0 Å². The Hall–Kier alpha value is 0.260. The lowest BCUT2D eigenvalue weighted by Crippen LogP contribution is -2.18.